The molecule has 0 spiro atoms. The summed E-state index contributed by atoms with van der Waals surface area (Å²) in [7, 11) is 0. The minimum atomic E-state index is -0.276. The lowest BCUT2D eigenvalue weighted by Gasteiger charge is -2.07. The normalized spacial score (nSPS) is 10.2. The Bertz CT molecular complexity index is 531. The van der Waals surface area contributed by atoms with E-state index in [1.165, 1.54) is 12.1 Å². The third kappa shape index (κ3) is 3.11. The number of benzene rings is 2. The highest BCUT2D eigenvalue weighted by Gasteiger charge is 2.00. The lowest BCUT2D eigenvalue weighted by Crippen LogP contribution is -1.96. The summed E-state index contributed by atoms with van der Waals surface area (Å²) < 4.78 is 18.4. The first-order chi connectivity index (χ1) is 8.15. The molecule has 0 atom stereocenters. The molecule has 0 heterocycles. The van der Waals surface area contributed by atoms with Gasteiger partial charge in [-0.2, -0.15) is 0 Å². The van der Waals surface area contributed by atoms with E-state index in [1.54, 1.807) is 30.3 Å². The first-order valence-corrected chi connectivity index (χ1v) is 5.45. The van der Waals surface area contributed by atoms with Crippen LogP contribution in [0.3, 0.4) is 0 Å². The molecule has 4 heteroatoms. The van der Waals surface area contributed by atoms with E-state index < -0.39 is 0 Å². The highest BCUT2D eigenvalue weighted by atomic mass is 35.5. The van der Waals surface area contributed by atoms with Crippen molar-refractivity contribution in [2.45, 2.75) is 6.61 Å². The second kappa shape index (κ2) is 5.06. The largest absolute Gasteiger partial charge is 0.489 e. The fraction of sp³-hybridized carbons (Fsp3) is 0.0769. The quantitative estimate of drug-likeness (QED) is 0.846. The number of anilines is 1. The molecular weight excluding hydrogens is 241 g/mol. The summed E-state index contributed by atoms with van der Waals surface area (Å²) in [5.41, 5.74) is 6.87. The van der Waals surface area contributed by atoms with Gasteiger partial charge in [-0.3, -0.25) is 0 Å². The van der Waals surface area contributed by atoms with E-state index in [0.29, 0.717) is 23.1 Å². The molecule has 17 heavy (non-hydrogen) atoms. The van der Waals surface area contributed by atoms with Gasteiger partial charge in [0, 0.05) is 6.07 Å². The van der Waals surface area contributed by atoms with E-state index in [2.05, 4.69) is 0 Å². The van der Waals surface area contributed by atoms with Gasteiger partial charge in [0.15, 0.2) is 0 Å². The van der Waals surface area contributed by atoms with Gasteiger partial charge in [-0.25, -0.2) is 4.39 Å². The van der Waals surface area contributed by atoms with Crippen molar-refractivity contribution in [1.82, 2.24) is 0 Å². The summed E-state index contributed by atoms with van der Waals surface area (Å²) in [6.45, 7) is 0.291. The lowest BCUT2D eigenvalue weighted by molar-refractivity contribution is 0.306. The number of halogens is 2. The number of hydrogen-bond donors (Lipinski definition) is 1. The first kappa shape index (κ1) is 11.7. The maximum Gasteiger partial charge on any atom is 0.123 e. The second-order valence-electron chi connectivity index (χ2n) is 3.60. The average Bonchev–Trinajstić information content (AvgIpc) is 2.31. The number of ether oxygens (including phenoxy) is 1. The summed E-state index contributed by atoms with van der Waals surface area (Å²) in [6, 6.07) is 11.3. The zero-order valence-corrected chi connectivity index (χ0v) is 9.75. The zero-order chi connectivity index (χ0) is 12.3. The average molecular weight is 252 g/mol. The van der Waals surface area contributed by atoms with Crippen LogP contribution in [-0.2, 0) is 6.61 Å². The number of rotatable bonds is 3. The molecule has 2 aromatic carbocycles. The van der Waals surface area contributed by atoms with E-state index in [9.17, 15) is 4.39 Å². The van der Waals surface area contributed by atoms with Crippen LogP contribution in [0.2, 0.25) is 5.02 Å². The molecule has 88 valence electrons. The van der Waals surface area contributed by atoms with Crippen LogP contribution in [0.4, 0.5) is 10.1 Å². The van der Waals surface area contributed by atoms with Crippen LogP contribution >= 0.6 is 11.6 Å². The molecule has 0 unspecified atom stereocenters. The Labute approximate surface area is 104 Å². The van der Waals surface area contributed by atoms with Gasteiger partial charge in [0.05, 0.1) is 10.7 Å². The van der Waals surface area contributed by atoms with Gasteiger partial charge in [-0.05, 0) is 29.8 Å². The SMILES string of the molecule is Nc1cc(OCc2cccc(F)c2)ccc1Cl. The van der Waals surface area contributed by atoms with Crippen molar-refractivity contribution in [3.05, 3.63) is 58.9 Å². The van der Waals surface area contributed by atoms with Gasteiger partial charge in [0.1, 0.15) is 18.2 Å². The smallest absolute Gasteiger partial charge is 0.123 e. The molecule has 0 amide bonds. The molecule has 0 bridgehead atoms. The lowest BCUT2D eigenvalue weighted by atomic mass is 10.2. The van der Waals surface area contributed by atoms with E-state index in [1.807, 2.05) is 0 Å². The van der Waals surface area contributed by atoms with Crippen LogP contribution < -0.4 is 10.5 Å². The number of nitrogens with two attached hydrogens (primary N) is 1. The Morgan fingerprint density at radius 1 is 1.18 bits per heavy atom. The monoisotopic (exact) mass is 251 g/mol. The van der Waals surface area contributed by atoms with E-state index in [0.717, 1.165) is 5.56 Å². The third-order valence-corrected chi connectivity index (χ3v) is 2.61. The van der Waals surface area contributed by atoms with Crippen LogP contribution in [-0.4, -0.2) is 0 Å². The maximum atomic E-state index is 12.9. The van der Waals surface area contributed by atoms with Crippen molar-refractivity contribution in [2.24, 2.45) is 0 Å². The molecule has 0 aliphatic heterocycles. The molecular formula is C13H11ClFNO. The maximum absolute atomic E-state index is 12.9. The van der Waals surface area contributed by atoms with Crippen molar-refractivity contribution < 1.29 is 9.13 Å². The van der Waals surface area contributed by atoms with E-state index in [4.69, 9.17) is 22.1 Å². The van der Waals surface area contributed by atoms with Crippen LogP contribution in [0.5, 0.6) is 5.75 Å². The molecule has 2 N–H and O–H groups in total. The van der Waals surface area contributed by atoms with E-state index >= 15 is 0 Å². The Balaban J connectivity index is 2.05. The van der Waals surface area contributed by atoms with Gasteiger partial charge in [0.2, 0.25) is 0 Å². The van der Waals surface area contributed by atoms with Gasteiger partial charge in [0.25, 0.3) is 0 Å². The predicted molar refractivity (Wildman–Crippen MR) is 66.6 cm³/mol. The first-order valence-electron chi connectivity index (χ1n) is 5.07. The highest BCUT2D eigenvalue weighted by Crippen LogP contribution is 2.24. The van der Waals surface area contributed by atoms with Gasteiger partial charge < -0.3 is 10.5 Å². The molecule has 2 nitrogen and oxygen atoms in total. The predicted octanol–water partition coefficient (Wildman–Crippen LogP) is 3.64. The topological polar surface area (TPSA) is 35.2 Å². The summed E-state index contributed by atoms with van der Waals surface area (Å²) in [6.07, 6.45) is 0. The molecule has 2 rings (SSSR count). The van der Waals surface area contributed by atoms with Crippen LogP contribution in [0.25, 0.3) is 0 Å². The standard InChI is InChI=1S/C13H11ClFNO/c14-12-5-4-11(7-13(12)16)17-8-9-2-1-3-10(15)6-9/h1-7H,8,16H2. The molecule has 0 aliphatic rings. The molecule has 0 aliphatic carbocycles. The highest BCUT2D eigenvalue weighted by molar-refractivity contribution is 6.33. The summed E-state index contributed by atoms with van der Waals surface area (Å²) in [5.74, 6) is 0.331. The van der Waals surface area contributed by atoms with E-state index in [-0.39, 0.29) is 5.82 Å². The van der Waals surface area contributed by atoms with Crippen molar-refractivity contribution in [1.29, 1.82) is 0 Å². The Kier molecular flexibility index (Phi) is 3.49. The Hall–Kier alpha value is -1.74. The molecule has 0 aromatic heterocycles. The molecule has 0 saturated carbocycles. The van der Waals surface area contributed by atoms with Gasteiger partial charge in [-0.15, -0.1) is 0 Å². The fourth-order valence-electron chi connectivity index (χ4n) is 1.41. The van der Waals surface area contributed by atoms with Crippen molar-refractivity contribution in [2.75, 3.05) is 5.73 Å². The second-order valence-corrected chi connectivity index (χ2v) is 4.01. The summed E-state index contributed by atoms with van der Waals surface area (Å²) >= 11 is 5.79. The summed E-state index contributed by atoms with van der Waals surface area (Å²) in [4.78, 5) is 0. The molecule has 0 saturated heterocycles. The summed E-state index contributed by atoms with van der Waals surface area (Å²) in [5, 5.41) is 0.489. The molecule has 0 fully saturated rings. The fourth-order valence-corrected chi connectivity index (χ4v) is 1.52. The molecule has 2 aromatic rings. The van der Waals surface area contributed by atoms with Crippen molar-refractivity contribution >= 4 is 17.3 Å². The zero-order valence-electron chi connectivity index (χ0n) is 8.99. The van der Waals surface area contributed by atoms with Crippen molar-refractivity contribution in [3.63, 3.8) is 0 Å². The number of nitrogen functional groups attached to an aromatic ring is 1. The minimum absolute atomic E-state index is 0.276. The Morgan fingerprint density at radius 2 is 2.00 bits per heavy atom. The van der Waals surface area contributed by atoms with Gasteiger partial charge >= 0.3 is 0 Å². The van der Waals surface area contributed by atoms with Crippen LogP contribution in [0, 0.1) is 5.82 Å². The third-order valence-electron chi connectivity index (χ3n) is 2.26. The van der Waals surface area contributed by atoms with Crippen LogP contribution in [0.1, 0.15) is 5.56 Å². The minimum Gasteiger partial charge on any atom is -0.489 e. The Morgan fingerprint density at radius 3 is 2.71 bits per heavy atom. The number of hydrogen-bond acceptors (Lipinski definition) is 2. The molecule has 0 radical (unpaired) electrons. The van der Waals surface area contributed by atoms with Crippen LogP contribution in [0.15, 0.2) is 42.5 Å². The van der Waals surface area contributed by atoms with Gasteiger partial charge in [-0.1, -0.05) is 23.7 Å². The van der Waals surface area contributed by atoms with Crippen molar-refractivity contribution in [3.8, 4) is 5.75 Å².